The van der Waals surface area contributed by atoms with Crippen molar-refractivity contribution < 1.29 is 0 Å². The Balaban J connectivity index is 2.00. The third-order valence-electron chi connectivity index (χ3n) is 0.711. The minimum atomic E-state index is 0.764. The highest BCUT2D eigenvalue weighted by Gasteiger charge is 1.91. The number of nitrogens with one attached hydrogen (secondary N) is 2. The summed E-state index contributed by atoms with van der Waals surface area (Å²) >= 11 is 0. The molecule has 2 N–H and O–H groups in total. The molecule has 0 spiro atoms. The van der Waals surface area contributed by atoms with E-state index in [-0.39, 0.29) is 0 Å². The lowest BCUT2D eigenvalue weighted by atomic mass is 10.6. The minimum Gasteiger partial charge on any atom is -0.255 e. The van der Waals surface area contributed by atoms with Gasteiger partial charge in [-0.25, -0.2) is 10.7 Å². The summed E-state index contributed by atoms with van der Waals surface area (Å²) in [4.78, 5) is 0. The van der Waals surface area contributed by atoms with Crippen molar-refractivity contribution in [2.24, 2.45) is 0 Å². The summed E-state index contributed by atoms with van der Waals surface area (Å²) < 4.78 is 0. The van der Waals surface area contributed by atoms with Crippen LogP contribution in [-0.2, 0) is 0 Å². The number of nitrogens with zero attached hydrogens (tertiary/aromatic N) is 1. The number of hydrogen-bond donors (Lipinski definition) is 2. The molecule has 0 aromatic heterocycles. The molecule has 1 aliphatic heterocycles. The molecule has 1 fully saturated rings. The van der Waals surface area contributed by atoms with Crippen molar-refractivity contribution in [1.29, 1.82) is 0 Å². The maximum Gasteiger partial charge on any atom is 0.0754 e. The van der Waals surface area contributed by atoms with Crippen molar-refractivity contribution >= 4 is 0 Å². The van der Waals surface area contributed by atoms with Gasteiger partial charge in [0.1, 0.15) is 0 Å². The Kier molecular flexibility index (Phi) is 1.43. The predicted octanol–water partition coefficient (Wildman–Crippen LogP) is -1.34. The maximum atomic E-state index is 4.00. The fourth-order valence-electron chi connectivity index (χ4n) is 0.414. The summed E-state index contributed by atoms with van der Waals surface area (Å²) in [7, 11) is 0. The molecule has 1 radical (unpaired) electrons. The third-order valence-corrected chi connectivity index (χ3v) is 0.711. The first-order chi connectivity index (χ1) is 3.00. The summed E-state index contributed by atoms with van der Waals surface area (Å²) in [5.74, 6) is 0. The average molecular weight is 86.1 g/mol. The fraction of sp³-hybridized carbons (Fsp3) is 1.00. The van der Waals surface area contributed by atoms with Crippen LogP contribution in [0.5, 0.6) is 0 Å². The van der Waals surface area contributed by atoms with Gasteiger partial charge in [-0.15, -0.1) is 0 Å². The van der Waals surface area contributed by atoms with Gasteiger partial charge in [-0.2, -0.15) is 0 Å². The maximum absolute atomic E-state index is 4.00. The van der Waals surface area contributed by atoms with Crippen LogP contribution in [0.25, 0.3) is 0 Å². The molecule has 1 aliphatic rings. The molecule has 0 atom stereocenters. The van der Waals surface area contributed by atoms with E-state index in [0.29, 0.717) is 0 Å². The quantitative estimate of drug-likeness (QED) is 0.383. The molecule has 3 nitrogen and oxygen atoms in total. The van der Waals surface area contributed by atoms with E-state index in [2.05, 4.69) is 16.2 Å². The molecule has 0 saturated carbocycles. The van der Waals surface area contributed by atoms with Gasteiger partial charge in [-0.3, -0.25) is 5.43 Å². The second-order valence-electron chi connectivity index (χ2n) is 1.21. The van der Waals surface area contributed by atoms with Crippen molar-refractivity contribution in [1.82, 2.24) is 16.2 Å². The molecule has 1 rings (SSSR count). The van der Waals surface area contributed by atoms with Crippen molar-refractivity contribution in [2.75, 3.05) is 19.8 Å². The first-order valence-electron chi connectivity index (χ1n) is 2.09. The minimum absolute atomic E-state index is 0.764. The normalized spacial score (nSPS) is 24.0. The number of hydrogen-bond acceptors (Lipinski definition) is 2. The van der Waals surface area contributed by atoms with Crippen LogP contribution < -0.4 is 16.2 Å². The van der Waals surface area contributed by atoms with E-state index >= 15 is 0 Å². The summed E-state index contributed by atoms with van der Waals surface area (Å²) in [6.07, 6.45) is 0. The Morgan fingerprint density at radius 1 is 1.33 bits per heavy atom. The van der Waals surface area contributed by atoms with E-state index in [4.69, 9.17) is 0 Å². The van der Waals surface area contributed by atoms with Gasteiger partial charge in [0.15, 0.2) is 0 Å². The van der Waals surface area contributed by atoms with Gasteiger partial charge in [0.05, 0.1) is 6.67 Å². The van der Waals surface area contributed by atoms with Crippen molar-refractivity contribution in [3.05, 3.63) is 0 Å². The largest absolute Gasteiger partial charge is 0.255 e. The third kappa shape index (κ3) is 0.931. The first kappa shape index (κ1) is 4.05. The molecule has 0 unspecified atom stereocenters. The number of rotatable bonds is 0. The Morgan fingerprint density at radius 2 is 2.33 bits per heavy atom. The molecule has 0 bridgehead atoms. The molecule has 35 valence electrons. The van der Waals surface area contributed by atoms with E-state index in [0.717, 1.165) is 19.8 Å². The van der Waals surface area contributed by atoms with E-state index in [9.17, 15) is 0 Å². The second-order valence-corrected chi connectivity index (χ2v) is 1.21. The SMILES string of the molecule is C1CNNC[N]1. The molecule has 1 saturated heterocycles. The molecule has 0 amide bonds. The van der Waals surface area contributed by atoms with E-state index < -0.39 is 0 Å². The topological polar surface area (TPSA) is 38.2 Å². The van der Waals surface area contributed by atoms with E-state index in [1.165, 1.54) is 0 Å². The zero-order chi connectivity index (χ0) is 4.24. The van der Waals surface area contributed by atoms with Gasteiger partial charge in [0.2, 0.25) is 0 Å². The summed E-state index contributed by atoms with van der Waals surface area (Å²) in [6, 6.07) is 0. The van der Waals surface area contributed by atoms with Crippen LogP contribution in [0.1, 0.15) is 0 Å². The lowest BCUT2D eigenvalue weighted by Gasteiger charge is -2.11. The Hall–Kier alpha value is -0.120. The molecule has 0 aliphatic carbocycles. The predicted molar refractivity (Wildman–Crippen MR) is 23.0 cm³/mol. The van der Waals surface area contributed by atoms with Crippen LogP contribution in [0, 0.1) is 0 Å². The van der Waals surface area contributed by atoms with Crippen LogP contribution in [0.15, 0.2) is 0 Å². The molecular weight excluding hydrogens is 78.1 g/mol. The molecule has 3 heteroatoms. The summed E-state index contributed by atoms with van der Waals surface area (Å²) in [5.41, 5.74) is 5.81. The van der Waals surface area contributed by atoms with Gasteiger partial charge >= 0.3 is 0 Å². The Morgan fingerprint density at radius 3 is 2.50 bits per heavy atom. The zero-order valence-electron chi connectivity index (χ0n) is 3.57. The smallest absolute Gasteiger partial charge is 0.0754 e. The highest BCUT2D eigenvalue weighted by molar-refractivity contribution is 4.50. The average Bonchev–Trinajstić information content (AvgIpc) is 1.72. The van der Waals surface area contributed by atoms with Gasteiger partial charge in [0.25, 0.3) is 0 Å². The van der Waals surface area contributed by atoms with Gasteiger partial charge < -0.3 is 0 Å². The van der Waals surface area contributed by atoms with E-state index in [1.54, 1.807) is 0 Å². The highest BCUT2D eigenvalue weighted by atomic mass is 15.4. The van der Waals surface area contributed by atoms with Crippen molar-refractivity contribution in [3.63, 3.8) is 0 Å². The van der Waals surface area contributed by atoms with Gasteiger partial charge in [-0.1, -0.05) is 0 Å². The zero-order valence-corrected chi connectivity index (χ0v) is 3.57. The Labute approximate surface area is 37.1 Å². The van der Waals surface area contributed by atoms with Crippen molar-refractivity contribution in [3.8, 4) is 0 Å². The van der Waals surface area contributed by atoms with Gasteiger partial charge in [0, 0.05) is 13.1 Å². The fourth-order valence-corrected chi connectivity index (χ4v) is 0.414. The molecule has 6 heavy (non-hydrogen) atoms. The van der Waals surface area contributed by atoms with Crippen LogP contribution >= 0.6 is 0 Å². The lowest BCUT2D eigenvalue weighted by Crippen LogP contribution is -2.45. The van der Waals surface area contributed by atoms with Crippen LogP contribution in [0.4, 0.5) is 0 Å². The van der Waals surface area contributed by atoms with Crippen LogP contribution in [0.2, 0.25) is 0 Å². The van der Waals surface area contributed by atoms with E-state index in [1.807, 2.05) is 0 Å². The summed E-state index contributed by atoms with van der Waals surface area (Å²) in [5, 5.41) is 4.00. The van der Waals surface area contributed by atoms with Crippen molar-refractivity contribution in [2.45, 2.75) is 0 Å². The molecule has 0 aromatic carbocycles. The molecule has 1 heterocycles. The first-order valence-corrected chi connectivity index (χ1v) is 2.09. The number of hydrazine groups is 1. The molecule has 0 aromatic rings. The van der Waals surface area contributed by atoms with Crippen LogP contribution in [-0.4, -0.2) is 19.8 Å². The summed E-state index contributed by atoms with van der Waals surface area (Å²) in [6.45, 7) is 2.69. The monoisotopic (exact) mass is 86.1 g/mol. The van der Waals surface area contributed by atoms with Gasteiger partial charge in [-0.05, 0) is 0 Å². The van der Waals surface area contributed by atoms with Crippen LogP contribution in [0.3, 0.4) is 0 Å². The lowest BCUT2D eigenvalue weighted by molar-refractivity contribution is 0.418. The highest BCUT2D eigenvalue weighted by Crippen LogP contribution is 1.61. The standard InChI is InChI=1S/C3H8N3/c1-2-5-6-3-4-1/h5-6H,1-3H2. The molecular formula is C3H8N3. The second kappa shape index (κ2) is 2.12. The Bertz CT molecular complexity index is 21.5.